The summed E-state index contributed by atoms with van der Waals surface area (Å²) in [6.07, 6.45) is 0. The van der Waals surface area contributed by atoms with Crippen LogP contribution in [0.4, 0.5) is 11.4 Å². The first kappa shape index (κ1) is 21.1. The Kier molecular flexibility index (Phi) is 6.09. The molecule has 0 bridgehead atoms. The van der Waals surface area contributed by atoms with Crippen molar-refractivity contribution < 1.29 is 9.53 Å². The maximum absolute atomic E-state index is 11.7. The van der Waals surface area contributed by atoms with Crippen LogP contribution in [-0.2, 0) is 4.79 Å². The van der Waals surface area contributed by atoms with Crippen molar-refractivity contribution >= 4 is 28.8 Å². The topological polar surface area (TPSA) is 48.4 Å². The maximum Gasteiger partial charge on any atom is 0.219 e. The number of nitrogens with zero attached hydrogens (tertiary/aromatic N) is 4. The number of benzene rings is 2. The fraction of sp³-hybridized carbons (Fsp3) is 0.360. The fourth-order valence-corrected chi connectivity index (χ4v) is 4.30. The summed E-state index contributed by atoms with van der Waals surface area (Å²) in [4.78, 5) is 23.3. The molecule has 0 spiro atoms. The first-order chi connectivity index (χ1) is 15.0. The number of amides is 1. The Bertz CT molecular complexity index is 1010. The Labute approximate surface area is 184 Å². The summed E-state index contributed by atoms with van der Waals surface area (Å²) in [5.74, 6) is 1.87. The number of para-hydroxylation sites is 3. The third-order valence-corrected chi connectivity index (χ3v) is 6.04. The van der Waals surface area contributed by atoms with Gasteiger partial charge in [-0.25, -0.2) is 4.99 Å². The molecule has 1 atom stereocenters. The highest BCUT2D eigenvalue weighted by Crippen LogP contribution is 2.41. The van der Waals surface area contributed by atoms with Crippen LogP contribution in [-0.4, -0.2) is 60.4 Å². The third-order valence-electron chi connectivity index (χ3n) is 6.04. The van der Waals surface area contributed by atoms with Crippen molar-refractivity contribution in [2.45, 2.75) is 26.8 Å². The SMILES string of the molecule is C=C1c2ccccc2N=C(C(C)N2CCN(C(C)=O)CC2)N1c1ccccc1OCC. The van der Waals surface area contributed by atoms with Gasteiger partial charge in [-0.2, -0.15) is 0 Å². The number of hydrogen-bond donors (Lipinski definition) is 0. The fourth-order valence-electron chi connectivity index (χ4n) is 4.30. The van der Waals surface area contributed by atoms with E-state index in [0.29, 0.717) is 6.61 Å². The number of carbonyl (C=O) groups is 1. The van der Waals surface area contributed by atoms with Crippen molar-refractivity contribution in [1.29, 1.82) is 0 Å². The zero-order valence-corrected chi connectivity index (χ0v) is 18.5. The largest absolute Gasteiger partial charge is 0.492 e. The van der Waals surface area contributed by atoms with Gasteiger partial charge in [0.1, 0.15) is 11.6 Å². The molecule has 2 aliphatic heterocycles. The molecule has 2 aromatic rings. The highest BCUT2D eigenvalue weighted by molar-refractivity contribution is 6.15. The Balaban J connectivity index is 1.73. The molecule has 6 nitrogen and oxygen atoms in total. The van der Waals surface area contributed by atoms with E-state index in [1.54, 1.807) is 6.92 Å². The van der Waals surface area contributed by atoms with E-state index >= 15 is 0 Å². The number of carbonyl (C=O) groups excluding carboxylic acids is 1. The van der Waals surface area contributed by atoms with E-state index in [4.69, 9.17) is 9.73 Å². The van der Waals surface area contributed by atoms with Crippen molar-refractivity contribution in [1.82, 2.24) is 9.80 Å². The van der Waals surface area contributed by atoms with E-state index in [9.17, 15) is 4.79 Å². The predicted molar refractivity (Wildman–Crippen MR) is 126 cm³/mol. The number of amidine groups is 1. The molecule has 1 saturated heterocycles. The van der Waals surface area contributed by atoms with Gasteiger partial charge in [0.05, 0.1) is 24.0 Å². The number of ether oxygens (including phenoxy) is 1. The van der Waals surface area contributed by atoms with Crippen LogP contribution >= 0.6 is 0 Å². The summed E-state index contributed by atoms with van der Waals surface area (Å²) >= 11 is 0. The van der Waals surface area contributed by atoms with Crippen molar-refractivity contribution in [3.63, 3.8) is 0 Å². The highest BCUT2D eigenvalue weighted by Gasteiger charge is 2.34. The van der Waals surface area contributed by atoms with Crippen LogP contribution in [0.15, 0.2) is 60.1 Å². The van der Waals surface area contributed by atoms with Crippen molar-refractivity contribution in [2.24, 2.45) is 4.99 Å². The van der Waals surface area contributed by atoms with Gasteiger partial charge in [-0.1, -0.05) is 36.9 Å². The molecule has 162 valence electrons. The minimum absolute atomic E-state index is 0.0499. The summed E-state index contributed by atoms with van der Waals surface area (Å²) in [6, 6.07) is 16.2. The summed E-state index contributed by atoms with van der Waals surface area (Å²) in [5.41, 5.74) is 3.78. The van der Waals surface area contributed by atoms with E-state index in [0.717, 1.165) is 60.4 Å². The lowest BCUT2D eigenvalue weighted by atomic mass is 10.0. The first-order valence-electron chi connectivity index (χ1n) is 10.9. The number of aliphatic imine (C=N–C) groups is 1. The van der Waals surface area contributed by atoms with Gasteiger partial charge in [0, 0.05) is 44.4 Å². The van der Waals surface area contributed by atoms with E-state index in [-0.39, 0.29) is 11.9 Å². The molecule has 1 amide bonds. The quantitative estimate of drug-likeness (QED) is 0.732. The van der Waals surface area contributed by atoms with Crippen molar-refractivity contribution in [2.75, 3.05) is 37.7 Å². The molecule has 0 aliphatic carbocycles. The molecular formula is C25H30N4O2. The van der Waals surface area contributed by atoms with Gasteiger partial charge >= 0.3 is 0 Å². The smallest absolute Gasteiger partial charge is 0.219 e. The van der Waals surface area contributed by atoms with Crippen LogP contribution in [0.5, 0.6) is 5.75 Å². The Morgan fingerprint density at radius 1 is 1.10 bits per heavy atom. The second kappa shape index (κ2) is 8.94. The number of anilines is 1. The summed E-state index contributed by atoms with van der Waals surface area (Å²) < 4.78 is 5.94. The molecular weight excluding hydrogens is 388 g/mol. The lowest BCUT2D eigenvalue weighted by Gasteiger charge is -2.42. The predicted octanol–water partition coefficient (Wildman–Crippen LogP) is 4.16. The van der Waals surface area contributed by atoms with Crippen molar-refractivity contribution in [3.05, 3.63) is 60.7 Å². The Hall–Kier alpha value is -3.12. The monoisotopic (exact) mass is 418 g/mol. The second-order valence-corrected chi connectivity index (χ2v) is 7.89. The molecule has 0 aromatic heterocycles. The molecule has 31 heavy (non-hydrogen) atoms. The number of piperazine rings is 1. The number of hydrogen-bond acceptors (Lipinski definition) is 5. The molecule has 2 aliphatic rings. The molecule has 2 aromatic carbocycles. The van der Waals surface area contributed by atoms with E-state index in [2.05, 4.69) is 35.4 Å². The normalized spacial score (nSPS) is 17.8. The molecule has 2 heterocycles. The summed E-state index contributed by atoms with van der Waals surface area (Å²) in [6.45, 7) is 13.9. The van der Waals surface area contributed by atoms with Crippen molar-refractivity contribution in [3.8, 4) is 5.75 Å². The van der Waals surface area contributed by atoms with E-state index in [1.807, 2.05) is 48.2 Å². The Morgan fingerprint density at radius 2 is 1.77 bits per heavy atom. The van der Waals surface area contributed by atoms with Gasteiger partial charge in [-0.3, -0.25) is 14.6 Å². The van der Waals surface area contributed by atoms with Gasteiger partial charge in [0.25, 0.3) is 0 Å². The van der Waals surface area contributed by atoms with Crippen LogP contribution < -0.4 is 9.64 Å². The van der Waals surface area contributed by atoms with Crippen LogP contribution in [0, 0.1) is 0 Å². The molecule has 1 unspecified atom stereocenters. The van der Waals surface area contributed by atoms with Gasteiger partial charge in [-0.15, -0.1) is 0 Å². The zero-order valence-electron chi connectivity index (χ0n) is 18.5. The molecule has 1 fully saturated rings. The number of rotatable bonds is 5. The van der Waals surface area contributed by atoms with Gasteiger partial charge in [0.2, 0.25) is 5.91 Å². The van der Waals surface area contributed by atoms with Gasteiger partial charge < -0.3 is 9.64 Å². The molecule has 0 saturated carbocycles. The molecule has 6 heteroatoms. The molecule has 4 rings (SSSR count). The molecule has 0 radical (unpaired) electrons. The highest BCUT2D eigenvalue weighted by atomic mass is 16.5. The lowest BCUT2D eigenvalue weighted by molar-refractivity contribution is -0.130. The third kappa shape index (κ3) is 4.08. The minimum Gasteiger partial charge on any atom is -0.492 e. The van der Waals surface area contributed by atoms with Crippen LogP contribution in [0.3, 0.4) is 0 Å². The standard InChI is InChI=1S/C25H30N4O2/c1-5-31-24-13-9-8-12-23(24)29-18(2)21-10-6-7-11-22(21)26-25(29)19(3)27-14-16-28(17-15-27)20(4)30/h6-13,19H,2,5,14-17H2,1,3-4H3. The first-order valence-corrected chi connectivity index (χ1v) is 10.9. The van der Waals surface area contributed by atoms with Gasteiger partial charge in [-0.05, 0) is 32.0 Å². The van der Waals surface area contributed by atoms with E-state index < -0.39 is 0 Å². The molecule has 0 N–H and O–H groups in total. The maximum atomic E-state index is 11.7. The average Bonchev–Trinajstić information content (AvgIpc) is 2.79. The zero-order chi connectivity index (χ0) is 22.0. The lowest BCUT2D eigenvalue weighted by Crippen LogP contribution is -2.55. The van der Waals surface area contributed by atoms with Crippen LogP contribution in [0.2, 0.25) is 0 Å². The summed E-state index contributed by atoms with van der Waals surface area (Å²) in [5, 5.41) is 0. The van der Waals surface area contributed by atoms with Gasteiger partial charge in [0.15, 0.2) is 0 Å². The Morgan fingerprint density at radius 3 is 2.48 bits per heavy atom. The summed E-state index contributed by atoms with van der Waals surface area (Å²) in [7, 11) is 0. The van der Waals surface area contributed by atoms with Crippen LogP contribution in [0.25, 0.3) is 5.70 Å². The minimum atomic E-state index is 0.0499. The average molecular weight is 419 g/mol. The second-order valence-electron chi connectivity index (χ2n) is 7.89. The number of fused-ring (bicyclic) bond motifs is 1. The van der Waals surface area contributed by atoms with E-state index in [1.165, 1.54) is 0 Å². The van der Waals surface area contributed by atoms with Crippen LogP contribution in [0.1, 0.15) is 26.3 Å².